The number of benzene rings is 2. The Morgan fingerprint density at radius 2 is 1.93 bits per heavy atom. The number of hydrogen-bond acceptors (Lipinski definition) is 4. The first-order valence-corrected chi connectivity index (χ1v) is 10.5. The predicted octanol–water partition coefficient (Wildman–Crippen LogP) is 3.39. The molecule has 1 aromatic heterocycles. The minimum atomic E-state index is -0.110. The van der Waals surface area contributed by atoms with E-state index in [-0.39, 0.29) is 5.91 Å². The molecule has 0 bridgehead atoms. The van der Waals surface area contributed by atoms with E-state index in [4.69, 9.17) is 16.9 Å². The van der Waals surface area contributed by atoms with Crippen molar-refractivity contribution in [3.63, 3.8) is 0 Å². The number of rotatable bonds is 7. The third-order valence-electron chi connectivity index (χ3n) is 4.77. The van der Waals surface area contributed by atoms with E-state index in [2.05, 4.69) is 24.9 Å². The number of hydrogen-bond donors (Lipinski definition) is 1. The van der Waals surface area contributed by atoms with E-state index in [9.17, 15) is 4.79 Å². The van der Waals surface area contributed by atoms with Crippen LogP contribution >= 0.6 is 22.9 Å². The molecule has 3 aromatic rings. The monoisotopic (exact) mass is 413 g/mol. The van der Waals surface area contributed by atoms with E-state index in [0.717, 1.165) is 29.9 Å². The second kappa shape index (κ2) is 9.16. The van der Waals surface area contributed by atoms with Gasteiger partial charge in [-0.15, -0.1) is 0 Å². The van der Waals surface area contributed by atoms with Gasteiger partial charge in [-0.3, -0.25) is 9.69 Å². The van der Waals surface area contributed by atoms with Gasteiger partial charge in [-0.1, -0.05) is 22.9 Å². The van der Waals surface area contributed by atoms with Gasteiger partial charge in [0.05, 0.1) is 48.0 Å². The molecule has 0 fully saturated rings. The largest absolute Gasteiger partial charge is 0.334 e. The topological polar surface area (TPSA) is 61.4 Å². The molecule has 0 atom stereocenters. The molecule has 1 N–H and O–H groups in total. The van der Waals surface area contributed by atoms with Crippen LogP contribution < -0.4 is 9.80 Å². The molecule has 28 heavy (non-hydrogen) atoms. The predicted molar refractivity (Wildman–Crippen MR) is 114 cm³/mol. The highest BCUT2D eigenvalue weighted by molar-refractivity contribution is 7.22. The van der Waals surface area contributed by atoms with Gasteiger partial charge in [0.15, 0.2) is 5.13 Å². The van der Waals surface area contributed by atoms with Crippen LogP contribution in [0, 0.1) is 11.3 Å². The molecule has 1 heterocycles. The van der Waals surface area contributed by atoms with Crippen molar-refractivity contribution in [3.05, 3.63) is 58.6 Å². The summed E-state index contributed by atoms with van der Waals surface area (Å²) < 4.78 is 0.954. The van der Waals surface area contributed by atoms with Crippen LogP contribution in [0.1, 0.15) is 29.8 Å². The summed E-state index contributed by atoms with van der Waals surface area (Å²) in [4.78, 5) is 21.1. The number of carbonyl (C=O) groups excluding carboxylic acids is 1. The molecule has 5 nitrogen and oxygen atoms in total. The zero-order valence-electron chi connectivity index (χ0n) is 15.9. The fourth-order valence-electron chi connectivity index (χ4n) is 3.00. The Morgan fingerprint density at radius 3 is 2.57 bits per heavy atom. The maximum Gasteiger partial charge on any atom is 0.260 e. The summed E-state index contributed by atoms with van der Waals surface area (Å²) in [5, 5.41) is 10.3. The van der Waals surface area contributed by atoms with Crippen molar-refractivity contribution >= 4 is 44.2 Å². The molecule has 0 aliphatic rings. The van der Waals surface area contributed by atoms with E-state index < -0.39 is 0 Å². The number of nitriles is 1. The maximum absolute atomic E-state index is 13.3. The van der Waals surface area contributed by atoms with Crippen molar-refractivity contribution in [1.29, 1.82) is 5.26 Å². The minimum absolute atomic E-state index is 0.110. The highest BCUT2D eigenvalue weighted by Gasteiger charge is 2.23. The molecule has 1 amide bonds. The van der Waals surface area contributed by atoms with Gasteiger partial charge in [0.25, 0.3) is 5.91 Å². The van der Waals surface area contributed by atoms with Gasteiger partial charge in [0, 0.05) is 10.6 Å². The van der Waals surface area contributed by atoms with E-state index >= 15 is 0 Å². The number of quaternary nitrogens is 1. The average Bonchev–Trinajstić information content (AvgIpc) is 3.13. The Balaban J connectivity index is 1.94. The lowest BCUT2D eigenvalue weighted by Crippen LogP contribution is -3.12. The van der Waals surface area contributed by atoms with Gasteiger partial charge in [-0.25, -0.2) is 4.98 Å². The summed E-state index contributed by atoms with van der Waals surface area (Å²) in [7, 11) is 0. The number of amides is 1. The summed E-state index contributed by atoms with van der Waals surface area (Å²) in [6, 6.07) is 14.4. The van der Waals surface area contributed by atoms with Crippen molar-refractivity contribution < 1.29 is 9.69 Å². The number of nitrogens with zero attached hydrogens (tertiary/aromatic N) is 3. The van der Waals surface area contributed by atoms with E-state index in [1.807, 2.05) is 12.1 Å². The van der Waals surface area contributed by atoms with Crippen LogP contribution in [0.25, 0.3) is 10.2 Å². The minimum Gasteiger partial charge on any atom is -0.334 e. The van der Waals surface area contributed by atoms with Crippen molar-refractivity contribution in [2.24, 2.45) is 0 Å². The number of nitrogens with one attached hydrogen (secondary N) is 1. The third-order valence-corrected chi connectivity index (χ3v) is 6.04. The SMILES string of the molecule is CC[NH+](CC)CCN(C(=O)c1ccc(C#N)cc1)c1nc2ccc(Cl)cc2s1. The van der Waals surface area contributed by atoms with E-state index in [0.29, 0.717) is 27.8 Å². The number of thiazole rings is 1. The number of anilines is 1. The molecule has 0 unspecified atom stereocenters. The van der Waals surface area contributed by atoms with E-state index in [1.54, 1.807) is 35.2 Å². The van der Waals surface area contributed by atoms with Gasteiger partial charge in [0.2, 0.25) is 0 Å². The average molecular weight is 414 g/mol. The number of likely N-dealkylation sites (N-methyl/N-ethyl adjacent to an activating group) is 1. The lowest BCUT2D eigenvalue weighted by Gasteiger charge is -2.23. The van der Waals surface area contributed by atoms with E-state index in [1.165, 1.54) is 16.2 Å². The van der Waals surface area contributed by atoms with Crippen LogP contribution in [0.3, 0.4) is 0 Å². The number of aromatic nitrogens is 1. The fourth-order valence-corrected chi connectivity index (χ4v) is 4.27. The standard InChI is InChI=1S/C21H21ClN4OS/c1-3-25(4-2)11-12-26(20(27)16-7-5-15(14-23)6-8-16)21-24-18-10-9-17(22)13-19(18)28-21/h5-10,13H,3-4,11-12H2,1-2H3/p+1. The Hall–Kier alpha value is -2.46. The molecule has 0 aliphatic carbocycles. The summed E-state index contributed by atoms with van der Waals surface area (Å²) in [6.45, 7) is 7.71. The summed E-state index contributed by atoms with van der Waals surface area (Å²) in [5.74, 6) is -0.110. The van der Waals surface area contributed by atoms with Crippen LogP contribution in [-0.4, -0.2) is 37.1 Å². The first-order chi connectivity index (χ1) is 13.5. The summed E-state index contributed by atoms with van der Waals surface area (Å²) >= 11 is 7.57. The van der Waals surface area contributed by atoms with Crippen LogP contribution in [-0.2, 0) is 0 Å². The quantitative estimate of drug-likeness (QED) is 0.645. The molecule has 2 aromatic carbocycles. The number of halogens is 1. The van der Waals surface area contributed by atoms with Crippen LogP contribution in [0.2, 0.25) is 5.02 Å². The lowest BCUT2D eigenvalue weighted by atomic mass is 10.1. The zero-order chi connectivity index (χ0) is 20.1. The van der Waals surface area contributed by atoms with Crippen LogP contribution in [0.5, 0.6) is 0 Å². The zero-order valence-corrected chi connectivity index (χ0v) is 17.5. The second-order valence-electron chi connectivity index (χ2n) is 6.46. The number of fused-ring (bicyclic) bond motifs is 1. The molecule has 0 saturated heterocycles. The van der Waals surface area contributed by atoms with Crippen molar-refractivity contribution in [2.75, 3.05) is 31.1 Å². The molecule has 0 radical (unpaired) electrons. The molecular weight excluding hydrogens is 392 g/mol. The van der Waals surface area contributed by atoms with Crippen molar-refractivity contribution in [2.45, 2.75) is 13.8 Å². The molecule has 144 valence electrons. The van der Waals surface area contributed by atoms with Gasteiger partial charge in [-0.05, 0) is 56.3 Å². The Kier molecular flexibility index (Phi) is 6.63. The molecule has 0 saturated carbocycles. The molecule has 7 heteroatoms. The number of carbonyl (C=O) groups is 1. The first kappa shape index (κ1) is 20.3. The Morgan fingerprint density at radius 1 is 1.21 bits per heavy atom. The van der Waals surface area contributed by atoms with Gasteiger partial charge in [0.1, 0.15) is 0 Å². The van der Waals surface area contributed by atoms with Gasteiger partial charge in [-0.2, -0.15) is 5.26 Å². The van der Waals surface area contributed by atoms with Crippen LogP contribution in [0.4, 0.5) is 5.13 Å². The van der Waals surface area contributed by atoms with Crippen molar-refractivity contribution in [1.82, 2.24) is 4.98 Å². The third kappa shape index (κ3) is 4.50. The second-order valence-corrected chi connectivity index (χ2v) is 7.91. The molecule has 3 rings (SSSR count). The Labute approximate surface area is 173 Å². The maximum atomic E-state index is 13.3. The Bertz CT molecular complexity index is 1010. The molecule has 0 aliphatic heterocycles. The van der Waals surface area contributed by atoms with Crippen molar-refractivity contribution in [3.8, 4) is 6.07 Å². The fraction of sp³-hybridized carbons (Fsp3) is 0.286. The van der Waals surface area contributed by atoms with Gasteiger partial charge < -0.3 is 4.90 Å². The molecule has 0 spiro atoms. The highest BCUT2D eigenvalue weighted by Crippen LogP contribution is 2.31. The van der Waals surface area contributed by atoms with Crippen LogP contribution in [0.15, 0.2) is 42.5 Å². The smallest absolute Gasteiger partial charge is 0.260 e. The van der Waals surface area contributed by atoms with Gasteiger partial charge >= 0.3 is 0 Å². The first-order valence-electron chi connectivity index (χ1n) is 9.27. The normalized spacial score (nSPS) is 11.0. The summed E-state index contributed by atoms with van der Waals surface area (Å²) in [6.07, 6.45) is 0. The molecular formula is C21H22ClN4OS+. The lowest BCUT2D eigenvalue weighted by molar-refractivity contribution is -0.894. The summed E-state index contributed by atoms with van der Waals surface area (Å²) in [5.41, 5.74) is 1.91. The highest BCUT2D eigenvalue weighted by atomic mass is 35.5.